The fourth-order valence-corrected chi connectivity index (χ4v) is 1.50. The molecule has 0 saturated heterocycles. The molecule has 0 fully saturated rings. The lowest BCUT2D eigenvalue weighted by Crippen LogP contribution is -2.43. The molecular formula is C8H12N4O. The number of amides is 1. The molecule has 0 aliphatic carbocycles. The Morgan fingerprint density at radius 3 is 3.08 bits per heavy atom. The molecule has 1 aliphatic rings. The van der Waals surface area contributed by atoms with Gasteiger partial charge in [0.15, 0.2) is 0 Å². The van der Waals surface area contributed by atoms with Crippen molar-refractivity contribution in [2.24, 2.45) is 0 Å². The first-order valence-electron chi connectivity index (χ1n) is 4.20. The molecule has 2 heterocycles. The monoisotopic (exact) mass is 180 g/mol. The smallest absolute Gasteiger partial charge is 0.272 e. The molecule has 5 nitrogen and oxygen atoms in total. The van der Waals surface area contributed by atoms with Gasteiger partial charge in [0, 0.05) is 19.2 Å². The van der Waals surface area contributed by atoms with Crippen molar-refractivity contribution in [2.45, 2.75) is 19.5 Å². The van der Waals surface area contributed by atoms with Crippen molar-refractivity contribution in [3.8, 4) is 0 Å². The standard InChI is InChI=1S/C8H12N4O/c1-5-4-12-6(3-7(9)10-12)8(13)11(5)2/h3,5H,4H2,1-2H3,(H2,9,10)/t5-/m1/s1. The number of carbonyl (C=O) groups is 1. The number of nitrogens with zero attached hydrogens (tertiary/aromatic N) is 3. The van der Waals surface area contributed by atoms with Crippen LogP contribution in [0.4, 0.5) is 5.82 Å². The molecule has 0 radical (unpaired) electrons. The van der Waals surface area contributed by atoms with Crippen LogP contribution in [0, 0.1) is 0 Å². The highest BCUT2D eigenvalue weighted by atomic mass is 16.2. The third kappa shape index (κ3) is 1.07. The molecule has 0 spiro atoms. The van der Waals surface area contributed by atoms with E-state index in [-0.39, 0.29) is 11.9 Å². The Kier molecular flexibility index (Phi) is 1.55. The number of nitrogens with two attached hydrogens (primary N) is 1. The summed E-state index contributed by atoms with van der Waals surface area (Å²) in [5, 5.41) is 4.03. The molecule has 70 valence electrons. The summed E-state index contributed by atoms with van der Waals surface area (Å²) in [6.07, 6.45) is 0. The second kappa shape index (κ2) is 2.48. The molecule has 1 aliphatic heterocycles. The summed E-state index contributed by atoms with van der Waals surface area (Å²) in [6, 6.07) is 1.80. The Morgan fingerprint density at radius 2 is 2.38 bits per heavy atom. The van der Waals surface area contributed by atoms with Crippen LogP contribution in [0.1, 0.15) is 17.4 Å². The molecule has 2 N–H and O–H groups in total. The van der Waals surface area contributed by atoms with Crippen LogP contribution in [-0.4, -0.2) is 33.7 Å². The van der Waals surface area contributed by atoms with Gasteiger partial charge in [-0.3, -0.25) is 9.48 Å². The van der Waals surface area contributed by atoms with E-state index in [1.807, 2.05) is 6.92 Å². The average Bonchev–Trinajstić information content (AvgIpc) is 2.42. The van der Waals surface area contributed by atoms with E-state index >= 15 is 0 Å². The van der Waals surface area contributed by atoms with Crippen molar-refractivity contribution in [3.63, 3.8) is 0 Å². The minimum atomic E-state index is -0.0112. The maximum atomic E-state index is 11.6. The SMILES string of the molecule is C[C@@H]1Cn2nc(N)cc2C(=O)N1C. The predicted molar refractivity (Wildman–Crippen MR) is 48.2 cm³/mol. The summed E-state index contributed by atoms with van der Waals surface area (Å²) >= 11 is 0. The molecular weight excluding hydrogens is 168 g/mol. The Balaban J connectivity index is 2.48. The summed E-state index contributed by atoms with van der Waals surface area (Å²) < 4.78 is 1.67. The van der Waals surface area contributed by atoms with Gasteiger partial charge < -0.3 is 10.6 Å². The van der Waals surface area contributed by atoms with Crippen LogP contribution < -0.4 is 5.73 Å². The quantitative estimate of drug-likeness (QED) is 0.608. The predicted octanol–water partition coefficient (Wildman–Crippen LogP) is -0.0606. The van der Waals surface area contributed by atoms with Crippen LogP contribution in [0.5, 0.6) is 0 Å². The van der Waals surface area contributed by atoms with Crippen LogP contribution in [-0.2, 0) is 6.54 Å². The Labute approximate surface area is 76.1 Å². The summed E-state index contributed by atoms with van der Waals surface area (Å²) in [4.78, 5) is 13.4. The van der Waals surface area contributed by atoms with Gasteiger partial charge in [-0.1, -0.05) is 0 Å². The molecule has 0 saturated carbocycles. The van der Waals surface area contributed by atoms with Gasteiger partial charge in [0.05, 0.1) is 6.54 Å². The van der Waals surface area contributed by atoms with Crippen molar-refractivity contribution >= 4 is 11.7 Å². The first-order valence-corrected chi connectivity index (χ1v) is 4.20. The van der Waals surface area contributed by atoms with Crippen molar-refractivity contribution in [1.82, 2.24) is 14.7 Å². The number of anilines is 1. The zero-order valence-corrected chi connectivity index (χ0v) is 7.69. The van der Waals surface area contributed by atoms with Gasteiger partial charge in [0.25, 0.3) is 5.91 Å². The van der Waals surface area contributed by atoms with Crippen molar-refractivity contribution in [1.29, 1.82) is 0 Å². The lowest BCUT2D eigenvalue weighted by Gasteiger charge is -2.29. The zero-order valence-electron chi connectivity index (χ0n) is 7.69. The molecule has 2 rings (SSSR count). The average molecular weight is 180 g/mol. The van der Waals surface area contributed by atoms with Crippen molar-refractivity contribution in [3.05, 3.63) is 11.8 Å². The summed E-state index contributed by atoms with van der Waals surface area (Å²) in [5.74, 6) is 0.397. The summed E-state index contributed by atoms with van der Waals surface area (Å²) in [6.45, 7) is 2.70. The van der Waals surface area contributed by atoms with Gasteiger partial charge in [0.1, 0.15) is 11.5 Å². The maximum Gasteiger partial charge on any atom is 0.272 e. The van der Waals surface area contributed by atoms with E-state index in [1.54, 1.807) is 22.7 Å². The molecule has 0 unspecified atom stereocenters. The minimum absolute atomic E-state index is 0.0112. The lowest BCUT2D eigenvalue weighted by atomic mass is 10.2. The Bertz CT molecular complexity index is 357. The second-order valence-electron chi connectivity index (χ2n) is 3.40. The number of hydrogen-bond donors (Lipinski definition) is 1. The largest absolute Gasteiger partial charge is 0.382 e. The highest BCUT2D eigenvalue weighted by Crippen LogP contribution is 2.17. The van der Waals surface area contributed by atoms with Crippen LogP contribution in [0.15, 0.2) is 6.07 Å². The van der Waals surface area contributed by atoms with E-state index in [0.717, 1.165) is 6.54 Å². The number of hydrogen-bond acceptors (Lipinski definition) is 3. The molecule has 1 aromatic rings. The summed E-state index contributed by atoms with van der Waals surface area (Å²) in [5.41, 5.74) is 6.09. The highest BCUT2D eigenvalue weighted by molar-refractivity contribution is 5.94. The maximum absolute atomic E-state index is 11.6. The molecule has 13 heavy (non-hydrogen) atoms. The Hall–Kier alpha value is -1.52. The van der Waals surface area contributed by atoms with Gasteiger partial charge in [-0.05, 0) is 6.92 Å². The van der Waals surface area contributed by atoms with Crippen molar-refractivity contribution in [2.75, 3.05) is 12.8 Å². The van der Waals surface area contributed by atoms with Crippen molar-refractivity contribution < 1.29 is 4.79 Å². The topological polar surface area (TPSA) is 64.2 Å². The number of nitrogen functional groups attached to an aromatic ring is 1. The van der Waals surface area contributed by atoms with E-state index in [4.69, 9.17) is 5.73 Å². The van der Waals surface area contributed by atoms with Gasteiger partial charge in [-0.2, -0.15) is 5.10 Å². The first-order chi connectivity index (χ1) is 6.09. The summed E-state index contributed by atoms with van der Waals surface area (Å²) in [7, 11) is 1.79. The fourth-order valence-electron chi connectivity index (χ4n) is 1.50. The van der Waals surface area contributed by atoms with Gasteiger partial charge in [0.2, 0.25) is 0 Å². The van der Waals surface area contributed by atoms with E-state index in [0.29, 0.717) is 11.5 Å². The highest BCUT2D eigenvalue weighted by Gasteiger charge is 2.27. The van der Waals surface area contributed by atoms with E-state index in [1.165, 1.54) is 0 Å². The van der Waals surface area contributed by atoms with E-state index in [9.17, 15) is 4.79 Å². The van der Waals surface area contributed by atoms with Crippen LogP contribution in [0.25, 0.3) is 0 Å². The number of likely N-dealkylation sites (N-methyl/N-ethyl adjacent to an activating group) is 1. The van der Waals surface area contributed by atoms with E-state index in [2.05, 4.69) is 5.10 Å². The first kappa shape index (κ1) is 8.10. The number of rotatable bonds is 0. The third-order valence-corrected chi connectivity index (χ3v) is 2.44. The molecule has 1 atom stereocenters. The van der Waals surface area contributed by atoms with Crippen LogP contribution in [0.2, 0.25) is 0 Å². The minimum Gasteiger partial charge on any atom is -0.382 e. The molecule has 1 aromatic heterocycles. The number of aromatic nitrogens is 2. The lowest BCUT2D eigenvalue weighted by molar-refractivity contribution is 0.0665. The van der Waals surface area contributed by atoms with E-state index < -0.39 is 0 Å². The normalized spacial score (nSPS) is 21.8. The molecule has 0 bridgehead atoms. The van der Waals surface area contributed by atoms with Gasteiger partial charge in [-0.25, -0.2) is 0 Å². The molecule has 5 heteroatoms. The van der Waals surface area contributed by atoms with Crippen LogP contribution >= 0.6 is 0 Å². The third-order valence-electron chi connectivity index (χ3n) is 2.44. The van der Waals surface area contributed by atoms with Gasteiger partial charge in [-0.15, -0.1) is 0 Å². The Morgan fingerprint density at radius 1 is 1.69 bits per heavy atom. The second-order valence-corrected chi connectivity index (χ2v) is 3.40. The van der Waals surface area contributed by atoms with Crippen LogP contribution in [0.3, 0.4) is 0 Å². The van der Waals surface area contributed by atoms with Gasteiger partial charge >= 0.3 is 0 Å². The number of fused-ring (bicyclic) bond motifs is 1. The number of carbonyl (C=O) groups excluding carboxylic acids is 1. The zero-order chi connectivity index (χ0) is 9.59. The molecule has 1 amide bonds. The fraction of sp³-hybridized carbons (Fsp3) is 0.500. The molecule has 0 aromatic carbocycles.